The molecule has 1 fully saturated rings. The lowest BCUT2D eigenvalue weighted by Gasteiger charge is -2.36. The highest BCUT2D eigenvalue weighted by atomic mass is 16.5. The molecule has 1 unspecified atom stereocenters. The molecule has 0 N–H and O–H groups in total. The number of aryl methyl sites for hydroxylation is 2. The maximum absolute atomic E-state index is 6.54. The fourth-order valence-corrected chi connectivity index (χ4v) is 5.95. The van der Waals surface area contributed by atoms with Crippen LogP contribution in [0.1, 0.15) is 24.0 Å². The van der Waals surface area contributed by atoms with Gasteiger partial charge in [-0.05, 0) is 92.4 Å². The standard InChI is InChI=1S/C31H36N4O2/c1-22-13-14-32-29(20-22)34-18-16-33(17-19-34)15-5-6-26-21-35-30(24-9-11-25(36-3)12-10-24)23(2)27-7-4-8-28(37-26)31(27)35/h4,7-14,20,26H,5-6,15-19,21H2,1-3H3. The minimum atomic E-state index is 0.180. The highest BCUT2D eigenvalue weighted by Crippen LogP contribution is 2.41. The smallest absolute Gasteiger partial charge is 0.144 e. The van der Waals surface area contributed by atoms with Crippen LogP contribution in [-0.4, -0.2) is 60.4 Å². The first kappa shape index (κ1) is 23.9. The molecule has 2 aliphatic heterocycles. The molecule has 2 aromatic carbocycles. The van der Waals surface area contributed by atoms with Crippen molar-refractivity contribution in [3.63, 3.8) is 0 Å². The van der Waals surface area contributed by atoms with Crippen LogP contribution in [0.25, 0.3) is 22.2 Å². The van der Waals surface area contributed by atoms with Crippen LogP contribution in [0.5, 0.6) is 11.5 Å². The van der Waals surface area contributed by atoms with Crippen molar-refractivity contribution in [2.75, 3.05) is 44.7 Å². The Balaban J connectivity index is 1.11. The minimum Gasteiger partial charge on any atom is -0.497 e. The third-order valence-corrected chi connectivity index (χ3v) is 7.94. The minimum absolute atomic E-state index is 0.180. The Hall–Kier alpha value is -3.51. The summed E-state index contributed by atoms with van der Waals surface area (Å²) in [6.45, 7) is 10.6. The van der Waals surface area contributed by atoms with E-state index in [1.807, 2.05) is 18.3 Å². The van der Waals surface area contributed by atoms with Crippen molar-refractivity contribution in [1.82, 2.24) is 14.5 Å². The quantitative estimate of drug-likeness (QED) is 0.329. The van der Waals surface area contributed by atoms with Crippen molar-refractivity contribution in [3.8, 4) is 22.8 Å². The van der Waals surface area contributed by atoms with Gasteiger partial charge in [-0.15, -0.1) is 0 Å². The van der Waals surface area contributed by atoms with Gasteiger partial charge in [0.1, 0.15) is 23.4 Å². The highest BCUT2D eigenvalue weighted by Gasteiger charge is 2.27. The lowest BCUT2D eigenvalue weighted by Crippen LogP contribution is -2.47. The third-order valence-electron chi connectivity index (χ3n) is 7.94. The predicted molar refractivity (Wildman–Crippen MR) is 150 cm³/mol. The molecule has 1 saturated heterocycles. The summed E-state index contributed by atoms with van der Waals surface area (Å²) in [5, 5.41) is 1.28. The van der Waals surface area contributed by atoms with Crippen molar-refractivity contribution < 1.29 is 9.47 Å². The summed E-state index contributed by atoms with van der Waals surface area (Å²) >= 11 is 0. The molecule has 2 aromatic heterocycles. The Bertz CT molecular complexity index is 1390. The highest BCUT2D eigenvalue weighted by molar-refractivity contribution is 5.95. The fourth-order valence-electron chi connectivity index (χ4n) is 5.95. The van der Waals surface area contributed by atoms with Crippen molar-refractivity contribution in [1.29, 1.82) is 0 Å². The number of benzene rings is 2. The number of aromatic nitrogens is 2. The zero-order valence-corrected chi connectivity index (χ0v) is 22.1. The van der Waals surface area contributed by atoms with Gasteiger partial charge in [0.25, 0.3) is 0 Å². The van der Waals surface area contributed by atoms with Gasteiger partial charge in [-0.25, -0.2) is 4.98 Å². The van der Waals surface area contributed by atoms with Crippen LogP contribution in [0.15, 0.2) is 60.8 Å². The first-order chi connectivity index (χ1) is 18.1. The topological polar surface area (TPSA) is 42.8 Å². The van der Waals surface area contributed by atoms with Gasteiger partial charge in [-0.3, -0.25) is 4.90 Å². The van der Waals surface area contributed by atoms with Crippen LogP contribution in [0.3, 0.4) is 0 Å². The van der Waals surface area contributed by atoms with Gasteiger partial charge in [0.2, 0.25) is 0 Å². The van der Waals surface area contributed by atoms with Crippen molar-refractivity contribution in [3.05, 3.63) is 71.9 Å². The molecule has 6 heteroatoms. The predicted octanol–water partition coefficient (Wildman–Crippen LogP) is 5.69. The van der Waals surface area contributed by atoms with E-state index in [-0.39, 0.29) is 6.10 Å². The average Bonchev–Trinajstić information content (AvgIpc) is 3.21. The van der Waals surface area contributed by atoms with Crippen molar-refractivity contribution >= 4 is 16.7 Å². The number of methoxy groups -OCH3 is 1. The number of hydrogen-bond donors (Lipinski definition) is 0. The number of pyridine rings is 1. The second-order valence-electron chi connectivity index (χ2n) is 10.4. The molecule has 192 valence electrons. The number of para-hydroxylation sites is 1. The van der Waals surface area contributed by atoms with Crippen LogP contribution in [0, 0.1) is 13.8 Å². The van der Waals surface area contributed by atoms with E-state index >= 15 is 0 Å². The van der Waals surface area contributed by atoms with Gasteiger partial charge in [0.05, 0.1) is 24.9 Å². The van der Waals surface area contributed by atoms with Crippen LogP contribution < -0.4 is 14.4 Å². The summed E-state index contributed by atoms with van der Waals surface area (Å²) in [6, 6.07) is 19.1. The van der Waals surface area contributed by atoms with Crippen molar-refractivity contribution in [2.24, 2.45) is 0 Å². The molecule has 0 spiro atoms. The Labute approximate surface area is 219 Å². The lowest BCUT2D eigenvalue weighted by atomic mass is 10.1. The third kappa shape index (κ3) is 4.66. The monoisotopic (exact) mass is 496 g/mol. The van der Waals surface area contributed by atoms with Gasteiger partial charge >= 0.3 is 0 Å². The second-order valence-corrected chi connectivity index (χ2v) is 10.4. The van der Waals surface area contributed by atoms with Gasteiger partial charge in [-0.2, -0.15) is 0 Å². The molecule has 37 heavy (non-hydrogen) atoms. The maximum Gasteiger partial charge on any atom is 0.144 e. The molecule has 4 aromatic rings. The first-order valence-electron chi connectivity index (χ1n) is 13.4. The van der Waals surface area contributed by atoms with E-state index < -0.39 is 0 Å². The van der Waals surface area contributed by atoms with Crippen molar-refractivity contribution in [2.45, 2.75) is 39.3 Å². The molecule has 6 nitrogen and oxygen atoms in total. The molecule has 1 atom stereocenters. The van der Waals surface area contributed by atoms with E-state index in [0.29, 0.717) is 0 Å². The van der Waals surface area contributed by atoms with Crippen LogP contribution in [0.4, 0.5) is 5.82 Å². The van der Waals surface area contributed by atoms with E-state index in [1.165, 1.54) is 33.3 Å². The molecule has 2 aliphatic rings. The average molecular weight is 497 g/mol. The van der Waals surface area contributed by atoms with E-state index in [0.717, 1.165) is 69.4 Å². The van der Waals surface area contributed by atoms with Crippen LogP contribution in [-0.2, 0) is 6.54 Å². The van der Waals surface area contributed by atoms with Gasteiger partial charge in [-0.1, -0.05) is 12.1 Å². The summed E-state index contributed by atoms with van der Waals surface area (Å²) in [5.74, 6) is 3.00. The lowest BCUT2D eigenvalue weighted by molar-refractivity contribution is 0.150. The normalized spacial score (nSPS) is 17.7. The van der Waals surface area contributed by atoms with E-state index in [9.17, 15) is 0 Å². The molecular weight excluding hydrogens is 460 g/mol. The number of piperazine rings is 1. The number of rotatable bonds is 7. The van der Waals surface area contributed by atoms with Crippen LogP contribution >= 0.6 is 0 Å². The molecule has 6 rings (SSSR count). The zero-order valence-electron chi connectivity index (χ0n) is 22.1. The Morgan fingerprint density at radius 3 is 2.57 bits per heavy atom. The summed E-state index contributed by atoms with van der Waals surface area (Å²) in [5.41, 5.74) is 6.32. The number of hydrogen-bond acceptors (Lipinski definition) is 5. The summed E-state index contributed by atoms with van der Waals surface area (Å²) in [7, 11) is 1.71. The molecular formula is C31H36N4O2. The molecule has 4 heterocycles. The summed E-state index contributed by atoms with van der Waals surface area (Å²) in [6.07, 6.45) is 4.28. The molecule has 0 radical (unpaired) electrons. The summed E-state index contributed by atoms with van der Waals surface area (Å²) < 4.78 is 14.4. The largest absolute Gasteiger partial charge is 0.497 e. The fraction of sp³-hybridized carbons (Fsp3) is 0.387. The van der Waals surface area contributed by atoms with Gasteiger partial charge in [0, 0.05) is 37.8 Å². The number of anilines is 1. The first-order valence-corrected chi connectivity index (χ1v) is 13.4. The van der Waals surface area contributed by atoms with E-state index in [4.69, 9.17) is 9.47 Å². The molecule has 0 saturated carbocycles. The van der Waals surface area contributed by atoms with E-state index in [1.54, 1.807) is 7.11 Å². The van der Waals surface area contributed by atoms with E-state index in [2.05, 4.69) is 75.7 Å². The molecule has 0 aliphatic carbocycles. The summed E-state index contributed by atoms with van der Waals surface area (Å²) in [4.78, 5) is 9.56. The number of nitrogens with zero attached hydrogens (tertiary/aromatic N) is 4. The second kappa shape index (κ2) is 10.1. The SMILES string of the molecule is COc1ccc(-c2c(C)c3cccc4c3n2CC(CCCN2CCN(c3cc(C)ccn3)CC2)O4)cc1. The molecule has 0 bridgehead atoms. The zero-order chi connectivity index (χ0) is 25.4. The van der Waals surface area contributed by atoms with Gasteiger partial charge in [0.15, 0.2) is 0 Å². The molecule has 0 amide bonds. The maximum atomic E-state index is 6.54. The Morgan fingerprint density at radius 2 is 1.81 bits per heavy atom. The Morgan fingerprint density at radius 1 is 1.00 bits per heavy atom. The van der Waals surface area contributed by atoms with Crippen LogP contribution in [0.2, 0.25) is 0 Å². The number of ether oxygens (including phenoxy) is 2. The Kier molecular flexibility index (Phi) is 6.51. The van der Waals surface area contributed by atoms with Gasteiger partial charge < -0.3 is 18.9 Å².